The number of nitrogens with zero attached hydrogens (tertiary/aromatic N) is 2. The van der Waals surface area contributed by atoms with Gasteiger partial charge in [0.2, 0.25) is 0 Å². The van der Waals surface area contributed by atoms with Crippen molar-refractivity contribution in [2.24, 2.45) is 0 Å². The van der Waals surface area contributed by atoms with Gasteiger partial charge in [-0.3, -0.25) is 9.59 Å². The molecular formula is C24H27FN2O3. The molecule has 1 aliphatic rings. The number of ketones is 1. The summed E-state index contributed by atoms with van der Waals surface area (Å²) in [5.74, 6) is -2.01. The number of carbonyl (C=O) groups is 2. The molecule has 0 spiro atoms. The van der Waals surface area contributed by atoms with Gasteiger partial charge in [-0.1, -0.05) is 25.5 Å². The quantitative estimate of drug-likeness (QED) is 0.435. The van der Waals surface area contributed by atoms with Gasteiger partial charge in [0, 0.05) is 31.9 Å². The summed E-state index contributed by atoms with van der Waals surface area (Å²) in [5, 5.41) is 11.0. The van der Waals surface area contributed by atoms with Crippen LogP contribution in [0.3, 0.4) is 0 Å². The van der Waals surface area contributed by atoms with Crippen LogP contribution in [0, 0.1) is 12.7 Å². The number of hydrogen-bond acceptors (Lipinski definition) is 4. The number of rotatable bonds is 6. The minimum atomic E-state index is -0.715. The molecule has 1 amide bonds. The number of amides is 1. The summed E-state index contributed by atoms with van der Waals surface area (Å²) in [4.78, 5) is 29.2. The van der Waals surface area contributed by atoms with Crippen LogP contribution in [0.1, 0.15) is 42.5 Å². The summed E-state index contributed by atoms with van der Waals surface area (Å²) in [6.07, 6.45) is 1.61. The third-order valence-electron chi connectivity index (χ3n) is 5.45. The summed E-state index contributed by atoms with van der Waals surface area (Å²) in [6, 6.07) is 11.0. The molecule has 0 radical (unpaired) electrons. The van der Waals surface area contributed by atoms with Gasteiger partial charge in [-0.05, 0) is 54.8 Å². The Hall–Kier alpha value is -3.15. The van der Waals surface area contributed by atoms with E-state index in [4.69, 9.17) is 0 Å². The van der Waals surface area contributed by atoms with E-state index in [9.17, 15) is 19.1 Å². The highest BCUT2D eigenvalue weighted by Crippen LogP contribution is 2.40. The van der Waals surface area contributed by atoms with Crippen molar-refractivity contribution < 1.29 is 19.1 Å². The van der Waals surface area contributed by atoms with E-state index in [2.05, 4.69) is 0 Å². The molecule has 1 fully saturated rings. The van der Waals surface area contributed by atoms with E-state index >= 15 is 0 Å². The van der Waals surface area contributed by atoms with Gasteiger partial charge >= 0.3 is 0 Å². The third-order valence-corrected chi connectivity index (χ3v) is 5.45. The Bertz CT molecular complexity index is 996. The van der Waals surface area contributed by atoms with Crippen LogP contribution in [0.25, 0.3) is 5.76 Å². The molecular weight excluding hydrogens is 383 g/mol. The zero-order valence-electron chi connectivity index (χ0n) is 17.8. The molecule has 1 atom stereocenters. The summed E-state index contributed by atoms with van der Waals surface area (Å²) < 4.78 is 13.7. The number of likely N-dealkylation sites (tertiary alicyclic amines) is 1. The Morgan fingerprint density at radius 1 is 1.13 bits per heavy atom. The zero-order chi connectivity index (χ0) is 22.0. The largest absolute Gasteiger partial charge is 0.507 e. The highest BCUT2D eigenvalue weighted by molar-refractivity contribution is 6.46. The van der Waals surface area contributed by atoms with Gasteiger partial charge in [0.05, 0.1) is 11.6 Å². The maximum Gasteiger partial charge on any atom is 0.295 e. The van der Waals surface area contributed by atoms with Gasteiger partial charge in [-0.15, -0.1) is 0 Å². The van der Waals surface area contributed by atoms with Gasteiger partial charge in [0.25, 0.3) is 11.7 Å². The molecule has 1 N–H and O–H groups in total. The fourth-order valence-electron chi connectivity index (χ4n) is 3.69. The fourth-order valence-corrected chi connectivity index (χ4v) is 3.69. The number of anilines is 1. The molecule has 1 aliphatic heterocycles. The van der Waals surface area contributed by atoms with E-state index in [0.717, 1.165) is 24.1 Å². The summed E-state index contributed by atoms with van der Waals surface area (Å²) >= 11 is 0. The second kappa shape index (κ2) is 8.69. The number of aliphatic hydroxyl groups is 1. The molecule has 30 heavy (non-hydrogen) atoms. The lowest BCUT2D eigenvalue weighted by Gasteiger charge is -2.25. The van der Waals surface area contributed by atoms with Crippen molar-refractivity contribution in [2.45, 2.75) is 32.7 Å². The van der Waals surface area contributed by atoms with E-state index < -0.39 is 23.5 Å². The fraction of sp³-hybridized carbons (Fsp3) is 0.333. The lowest BCUT2D eigenvalue weighted by molar-refractivity contribution is -0.139. The number of halogens is 1. The van der Waals surface area contributed by atoms with Gasteiger partial charge in [0.15, 0.2) is 0 Å². The van der Waals surface area contributed by atoms with Crippen molar-refractivity contribution in [1.82, 2.24) is 4.90 Å². The van der Waals surface area contributed by atoms with Gasteiger partial charge in [-0.25, -0.2) is 4.39 Å². The van der Waals surface area contributed by atoms with Crippen LogP contribution >= 0.6 is 0 Å². The highest BCUT2D eigenvalue weighted by Gasteiger charge is 2.45. The molecule has 3 rings (SSSR count). The number of aliphatic hydroxyl groups excluding tert-OH is 1. The van der Waals surface area contributed by atoms with E-state index in [1.165, 1.54) is 23.1 Å². The Morgan fingerprint density at radius 3 is 2.37 bits per heavy atom. The Morgan fingerprint density at radius 2 is 1.80 bits per heavy atom. The van der Waals surface area contributed by atoms with Crippen LogP contribution in [0.4, 0.5) is 10.1 Å². The molecule has 0 saturated carbocycles. The van der Waals surface area contributed by atoms with Crippen LogP contribution in [0.5, 0.6) is 0 Å². The first-order valence-corrected chi connectivity index (χ1v) is 10.1. The number of hydrogen-bond donors (Lipinski definition) is 1. The average molecular weight is 410 g/mol. The minimum absolute atomic E-state index is 0.0414. The monoisotopic (exact) mass is 410 g/mol. The van der Waals surface area contributed by atoms with E-state index in [1.807, 2.05) is 50.2 Å². The smallest absolute Gasteiger partial charge is 0.295 e. The lowest BCUT2D eigenvalue weighted by Crippen LogP contribution is -2.30. The van der Waals surface area contributed by atoms with Crippen LogP contribution in [-0.4, -0.2) is 42.3 Å². The molecule has 0 aliphatic carbocycles. The van der Waals surface area contributed by atoms with Crippen molar-refractivity contribution >= 4 is 23.1 Å². The van der Waals surface area contributed by atoms with Crippen molar-refractivity contribution in [2.75, 3.05) is 25.5 Å². The Balaban J connectivity index is 2.15. The molecule has 6 heteroatoms. The van der Waals surface area contributed by atoms with E-state index in [1.54, 1.807) is 6.92 Å². The summed E-state index contributed by atoms with van der Waals surface area (Å²) in [6.45, 7) is 4.02. The predicted molar refractivity (Wildman–Crippen MR) is 116 cm³/mol. The van der Waals surface area contributed by atoms with E-state index in [0.29, 0.717) is 17.7 Å². The van der Waals surface area contributed by atoms with Crippen molar-refractivity contribution in [3.8, 4) is 0 Å². The normalized spacial score (nSPS) is 18.2. The van der Waals surface area contributed by atoms with Crippen LogP contribution in [-0.2, 0) is 9.59 Å². The first-order valence-electron chi connectivity index (χ1n) is 10.1. The number of aryl methyl sites for hydroxylation is 1. The number of Topliss-reactive ketones (excluding diaryl/α,β-unsaturated/α-hetero) is 1. The minimum Gasteiger partial charge on any atom is -0.507 e. The Labute approximate surface area is 176 Å². The van der Waals surface area contributed by atoms with E-state index in [-0.39, 0.29) is 11.3 Å². The second-order valence-electron chi connectivity index (χ2n) is 7.80. The van der Waals surface area contributed by atoms with Crippen LogP contribution < -0.4 is 4.90 Å². The van der Waals surface area contributed by atoms with Crippen molar-refractivity contribution in [3.63, 3.8) is 0 Å². The van der Waals surface area contributed by atoms with Crippen LogP contribution in [0.2, 0.25) is 0 Å². The first-order chi connectivity index (χ1) is 14.3. The number of carbonyl (C=O) groups excluding carboxylic acids is 2. The maximum atomic E-state index is 13.7. The van der Waals surface area contributed by atoms with Gasteiger partial charge in [-0.2, -0.15) is 0 Å². The SMILES string of the molecule is CCCCN1C(=O)C(=O)/C(=C(\O)c2ccc(F)c(C)c2)C1c1ccc(N(C)C)cc1. The van der Waals surface area contributed by atoms with Crippen molar-refractivity contribution in [1.29, 1.82) is 0 Å². The summed E-state index contributed by atoms with van der Waals surface area (Å²) in [5.41, 5.74) is 2.44. The van der Waals surface area contributed by atoms with Crippen molar-refractivity contribution in [3.05, 3.63) is 70.5 Å². The molecule has 1 unspecified atom stereocenters. The number of benzene rings is 2. The lowest BCUT2D eigenvalue weighted by atomic mass is 9.94. The molecule has 0 aromatic heterocycles. The van der Waals surface area contributed by atoms with Crippen LogP contribution in [0.15, 0.2) is 48.0 Å². The standard InChI is InChI=1S/C24H27FN2O3/c1-5-6-13-27-21(16-7-10-18(11-8-16)26(3)4)20(23(29)24(27)30)22(28)17-9-12-19(25)15(2)14-17/h7-12,14,21,28H,5-6,13H2,1-4H3/b22-20-. The maximum absolute atomic E-state index is 13.7. The molecule has 158 valence electrons. The van der Waals surface area contributed by atoms with Gasteiger partial charge in [0.1, 0.15) is 11.6 Å². The molecule has 1 heterocycles. The third kappa shape index (κ3) is 3.95. The molecule has 5 nitrogen and oxygen atoms in total. The summed E-state index contributed by atoms with van der Waals surface area (Å²) in [7, 11) is 3.86. The van der Waals surface area contributed by atoms with Gasteiger partial charge < -0.3 is 14.9 Å². The topological polar surface area (TPSA) is 60.9 Å². The predicted octanol–water partition coefficient (Wildman–Crippen LogP) is 4.42. The molecule has 0 bridgehead atoms. The molecule has 1 saturated heterocycles. The Kier molecular flexibility index (Phi) is 6.25. The average Bonchev–Trinajstić information content (AvgIpc) is 2.98. The first kappa shape index (κ1) is 21.6. The number of unbranched alkanes of at least 4 members (excludes halogenated alkanes) is 1. The second-order valence-corrected chi connectivity index (χ2v) is 7.80. The highest BCUT2D eigenvalue weighted by atomic mass is 19.1. The molecule has 2 aromatic rings. The molecule has 2 aromatic carbocycles. The zero-order valence-corrected chi connectivity index (χ0v) is 17.8.